The smallest absolute Gasteiger partial charge is 0.143 e. The highest BCUT2D eigenvalue weighted by molar-refractivity contribution is 6.14. The third-order valence-corrected chi connectivity index (χ3v) is 12.1. The van der Waals surface area contributed by atoms with Gasteiger partial charge in [-0.25, -0.2) is 0 Å². The molecule has 0 radical (unpaired) electrons. The first-order chi connectivity index (χ1) is 30.2. The van der Waals surface area contributed by atoms with E-state index in [0.717, 1.165) is 94.3 Å². The molecular weight excluding hydrogens is 743 g/mol. The molecule has 12 aromatic rings. The largest absolute Gasteiger partial charge is 0.456 e. The van der Waals surface area contributed by atoms with Gasteiger partial charge in [0.25, 0.3) is 0 Å². The molecule has 0 saturated carbocycles. The highest BCUT2D eigenvalue weighted by Crippen LogP contribution is 2.46. The summed E-state index contributed by atoms with van der Waals surface area (Å²) < 4.78 is 12.9. The summed E-state index contributed by atoms with van der Waals surface area (Å²) >= 11 is 0. The fraction of sp³-hybridized carbons (Fsp3) is 0. The molecule has 61 heavy (non-hydrogen) atoms. The zero-order valence-corrected chi connectivity index (χ0v) is 33.1. The molecule has 0 N–H and O–H groups in total. The van der Waals surface area contributed by atoms with Gasteiger partial charge in [0.2, 0.25) is 0 Å². The van der Waals surface area contributed by atoms with Gasteiger partial charge in [0, 0.05) is 44.0 Å². The fourth-order valence-electron chi connectivity index (χ4n) is 9.23. The number of para-hydroxylation sites is 4. The van der Waals surface area contributed by atoms with Crippen LogP contribution in [0.2, 0.25) is 0 Å². The summed E-state index contributed by atoms with van der Waals surface area (Å²) in [6.45, 7) is 0. The van der Waals surface area contributed by atoms with Crippen LogP contribution in [0.5, 0.6) is 0 Å². The molecule has 2 heterocycles. The minimum absolute atomic E-state index is 0.873. The Bertz CT molecular complexity index is 3590. The molecule has 3 heteroatoms. The van der Waals surface area contributed by atoms with Crippen molar-refractivity contribution in [1.82, 2.24) is 0 Å². The second kappa shape index (κ2) is 14.3. The van der Waals surface area contributed by atoms with Crippen LogP contribution in [0, 0.1) is 0 Å². The lowest BCUT2D eigenvalue weighted by atomic mass is 9.95. The molecule has 2 aromatic heterocycles. The first-order valence-corrected chi connectivity index (χ1v) is 20.7. The third-order valence-electron chi connectivity index (χ3n) is 12.1. The summed E-state index contributed by atoms with van der Waals surface area (Å²) in [7, 11) is 0. The molecular formula is C58H37NO2. The molecule has 0 spiro atoms. The van der Waals surface area contributed by atoms with Crippen LogP contribution >= 0.6 is 0 Å². The molecule has 286 valence electrons. The van der Waals surface area contributed by atoms with Crippen molar-refractivity contribution < 1.29 is 8.83 Å². The van der Waals surface area contributed by atoms with E-state index in [1.807, 2.05) is 24.3 Å². The van der Waals surface area contributed by atoms with Crippen molar-refractivity contribution in [1.29, 1.82) is 0 Å². The maximum Gasteiger partial charge on any atom is 0.143 e. The lowest BCUT2D eigenvalue weighted by Gasteiger charge is -2.28. The Hall–Kier alpha value is -8.14. The lowest BCUT2D eigenvalue weighted by Crippen LogP contribution is -2.11. The van der Waals surface area contributed by atoms with Crippen LogP contribution in [0.1, 0.15) is 0 Å². The average molecular weight is 780 g/mol. The number of hydrogen-bond acceptors (Lipinski definition) is 3. The SMILES string of the molecule is c1cc(-c2ccc(-c3cccc4ccccc34)cc2)cc(N(c2ccc(-c3cccc4c3oc3ccccc34)cc2)c2ccccc2-c2cccc3oc4ccccc4c23)c1. The molecule has 0 unspecified atom stereocenters. The van der Waals surface area contributed by atoms with Crippen molar-refractivity contribution in [2.75, 3.05) is 4.90 Å². The van der Waals surface area contributed by atoms with Crippen LogP contribution in [-0.4, -0.2) is 0 Å². The number of anilines is 3. The van der Waals surface area contributed by atoms with Gasteiger partial charge in [0.15, 0.2) is 0 Å². The topological polar surface area (TPSA) is 29.5 Å². The van der Waals surface area contributed by atoms with E-state index in [0.29, 0.717) is 0 Å². The van der Waals surface area contributed by atoms with E-state index >= 15 is 0 Å². The first-order valence-electron chi connectivity index (χ1n) is 20.7. The number of fused-ring (bicyclic) bond motifs is 7. The second-order valence-electron chi connectivity index (χ2n) is 15.6. The Morgan fingerprint density at radius 2 is 0.852 bits per heavy atom. The van der Waals surface area contributed by atoms with Crippen molar-refractivity contribution in [3.8, 4) is 44.5 Å². The van der Waals surface area contributed by atoms with Crippen LogP contribution in [-0.2, 0) is 0 Å². The maximum atomic E-state index is 6.47. The highest BCUT2D eigenvalue weighted by Gasteiger charge is 2.21. The number of furan rings is 2. The van der Waals surface area contributed by atoms with E-state index in [-0.39, 0.29) is 0 Å². The summed E-state index contributed by atoms with van der Waals surface area (Å²) in [4.78, 5) is 2.38. The average Bonchev–Trinajstić information content (AvgIpc) is 3.91. The van der Waals surface area contributed by atoms with Gasteiger partial charge in [-0.2, -0.15) is 0 Å². The van der Waals surface area contributed by atoms with Gasteiger partial charge in [0.1, 0.15) is 22.3 Å². The van der Waals surface area contributed by atoms with Crippen molar-refractivity contribution in [2.45, 2.75) is 0 Å². The summed E-state index contributed by atoms with van der Waals surface area (Å²) in [6, 6.07) is 79.9. The Labute approximate surface area is 353 Å². The Balaban J connectivity index is 1.00. The van der Waals surface area contributed by atoms with E-state index < -0.39 is 0 Å². The molecule has 0 aliphatic heterocycles. The predicted octanol–water partition coefficient (Wildman–Crippen LogP) is 16.8. The van der Waals surface area contributed by atoms with Gasteiger partial charge < -0.3 is 13.7 Å². The minimum Gasteiger partial charge on any atom is -0.456 e. The van der Waals surface area contributed by atoms with Crippen molar-refractivity contribution in [3.63, 3.8) is 0 Å². The minimum atomic E-state index is 0.873. The van der Waals surface area contributed by atoms with Crippen molar-refractivity contribution in [2.24, 2.45) is 0 Å². The summed E-state index contributed by atoms with van der Waals surface area (Å²) in [5.74, 6) is 0. The normalized spacial score (nSPS) is 11.6. The monoisotopic (exact) mass is 779 g/mol. The fourth-order valence-corrected chi connectivity index (χ4v) is 9.23. The molecule has 0 bridgehead atoms. The van der Waals surface area contributed by atoms with E-state index in [1.54, 1.807) is 0 Å². The van der Waals surface area contributed by atoms with E-state index in [1.165, 1.54) is 21.9 Å². The summed E-state index contributed by atoms with van der Waals surface area (Å²) in [6.07, 6.45) is 0. The van der Waals surface area contributed by atoms with Crippen LogP contribution in [0.15, 0.2) is 233 Å². The molecule has 0 amide bonds. The quantitative estimate of drug-likeness (QED) is 0.161. The van der Waals surface area contributed by atoms with Gasteiger partial charge in [-0.05, 0) is 92.7 Å². The number of nitrogens with zero attached hydrogens (tertiary/aromatic N) is 1. The second-order valence-corrected chi connectivity index (χ2v) is 15.6. The Morgan fingerprint density at radius 1 is 0.295 bits per heavy atom. The lowest BCUT2D eigenvalue weighted by molar-refractivity contribution is 0.669. The first kappa shape index (κ1) is 34.9. The highest BCUT2D eigenvalue weighted by atomic mass is 16.3. The molecule has 10 aromatic carbocycles. The predicted molar refractivity (Wildman–Crippen MR) is 255 cm³/mol. The molecule has 3 nitrogen and oxygen atoms in total. The number of hydrogen-bond donors (Lipinski definition) is 0. The molecule has 0 atom stereocenters. The van der Waals surface area contributed by atoms with Crippen LogP contribution in [0.25, 0.3) is 99.2 Å². The molecule has 0 aliphatic rings. The van der Waals surface area contributed by atoms with Gasteiger partial charge in [-0.1, -0.05) is 176 Å². The zero-order chi connectivity index (χ0) is 40.3. The Kier molecular flexibility index (Phi) is 8.17. The van der Waals surface area contributed by atoms with Crippen molar-refractivity contribution >= 4 is 71.7 Å². The van der Waals surface area contributed by atoms with Gasteiger partial charge in [-0.3, -0.25) is 0 Å². The third kappa shape index (κ3) is 5.90. The summed E-state index contributed by atoms with van der Waals surface area (Å²) in [5, 5.41) is 6.97. The van der Waals surface area contributed by atoms with Crippen molar-refractivity contribution in [3.05, 3.63) is 224 Å². The van der Waals surface area contributed by atoms with Crippen LogP contribution < -0.4 is 4.90 Å². The standard InChI is InChI=1S/C58H37NO2/c1-2-17-45-39(13-1)14-10-21-46(45)40-31-29-38(30-32-40)42-15-9-16-44(37-42)59(43-35-33-41(34-36-43)47-22-11-24-51-49-19-4-7-26-54(49)61-58(47)51)53-25-6-3-18-48(53)50-23-12-28-56-57(50)52-20-5-8-27-55(52)60-56/h1-37H. The van der Waals surface area contributed by atoms with E-state index in [4.69, 9.17) is 8.83 Å². The molecule has 0 aliphatic carbocycles. The number of benzene rings is 10. The van der Waals surface area contributed by atoms with Gasteiger partial charge in [0.05, 0.1) is 5.69 Å². The van der Waals surface area contributed by atoms with E-state index in [2.05, 4.69) is 205 Å². The number of rotatable bonds is 7. The molecule has 0 fully saturated rings. The molecule has 12 rings (SSSR count). The van der Waals surface area contributed by atoms with Gasteiger partial charge in [-0.15, -0.1) is 0 Å². The Morgan fingerprint density at radius 3 is 1.72 bits per heavy atom. The van der Waals surface area contributed by atoms with E-state index in [9.17, 15) is 0 Å². The van der Waals surface area contributed by atoms with Crippen LogP contribution in [0.3, 0.4) is 0 Å². The van der Waals surface area contributed by atoms with Gasteiger partial charge >= 0.3 is 0 Å². The van der Waals surface area contributed by atoms with Crippen LogP contribution in [0.4, 0.5) is 17.1 Å². The zero-order valence-electron chi connectivity index (χ0n) is 33.1. The molecule has 0 saturated heterocycles. The maximum absolute atomic E-state index is 6.47. The summed E-state index contributed by atoms with van der Waals surface area (Å²) in [5.41, 5.74) is 15.8.